The maximum atomic E-state index is 12.5. The predicted octanol–water partition coefficient (Wildman–Crippen LogP) is 2.18. The van der Waals surface area contributed by atoms with Gasteiger partial charge in [-0.1, -0.05) is 33.3 Å². The van der Waals surface area contributed by atoms with Gasteiger partial charge in [-0.25, -0.2) is 13.2 Å². The van der Waals surface area contributed by atoms with Crippen LogP contribution in [0.2, 0.25) is 0 Å². The second-order valence-corrected chi connectivity index (χ2v) is 7.89. The summed E-state index contributed by atoms with van der Waals surface area (Å²) in [6.45, 7) is 7.66. The number of rotatable bonds is 10. The van der Waals surface area contributed by atoms with Crippen molar-refractivity contribution in [2.75, 3.05) is 19.7 Å². The largest absolute Gasteiger partial charge is 0.452 e. The molecule has 0 bridgehead atoms. The fourth-order valence-corrected chi connectivity index (χ4v) is 4.04. The van der Waals surface area contributed by atoms with Gasteiger partial charge in [-0.2, -0.15) is 4.31 Å². The monoisotopic (exact) mass is 384 g/mol. The molecule has 8 heteroatoms. The first-order valence-corrected chi connectivity index (χ1v) is 10.3. The first kappa shape index (κ1) is 22.1. The molecule has 0 aliphatic heterocycles. The molecule has 146 valence electrons. The Morgan fingerprint density at radius 1 is 1.19 bits per heavy atom. The Labute approximate surface area is 155 Å². The van der Waals surface area contributed by atoms with E-state index in [4.69, 9.17) is 4.74 Å². The molecule has 0 aliphatic rings. The van der Waals surface area contributed by atoms with Crippen LogP contribution in [-0.2, 0) is 19.6 Å². The van der Waals surface area contributed by atoms with Crippen molar-refractivity contribution in [2.45, 2.75) is 51.5 Å². The normalized spacial score (nSPS) is 12.7. The summed E-state index contributed by atoms with van der Waals surface area (Å²) in [4.78, 5) is 23.9. The van der Waals surface area contributed by atoms with E-state index in [-0.39, 0.29) is 22.4 Å². The zero-order valence-corrected chi connectivity index (χ0v) is 16.6. The van der Waals surface area contributed by atoms with Crippen LogP contribution in [0.25, 0.3) is 0 Å². The number of nitrogens with one attached hydrogen (secondary N) is 1. The lowest BCUT2D eigenvalue weighted by molar-refractivity contribution is -0.124. The summed E-state index contributed by atoms with van der Waals surface area (Å²) in [6, 6.07) is 5.66. The van der Waals surface area contributed by atoms with Crippen LogP contribution in [0.15, 0.2) is 29.2 Å². The van der Waals surface area contributed by atoms with Crippen LogP contribution < -0.4 is 5.32 Å². The Morgan fingerprint density at radius 3 is 2.42 bits per heavy atom. The summed E-state index contributed by atoms with van der Waals surface area (Å²) in [5.41, 5.74) is 0.0904. The third-order valence-electron chi connectivity index (χ3n) is 3.88. The van der Waals surface area contributed by atoms with E-state index in [1.807, 2.05) is 13.8 Å². The van der Waals surface area contributed by atoms with Gasteiger partial charge in [0.2, 0.25) is 10.0 Å². The van der Waals surface area contributed by atoms with Crippen LogP contribution in [0.1, 0.15) is 50.9 Å². The molecule has 1 amide bonds. The number of hydrogen-bond acceptors (Lipinski definition) is 5. The molecule has 1 atom stereocenters. The molecule has 0 heterocycles. The molecule has 0 radical (unpaired) electrons. The second kappa shape index (κ2) is 10.3. The maximum absolute atomic E-state index is 12.5. The summed E-state index contributed by atoms with van der Waals surface area (Å²) in [6.07, 6.45) is 1.78. The lowest BCUT2D eigenvalue weighted by Crippen LogP contribution is -2.35. The first-order valence-electron chi connectivity index (χ1n) is 8.82. The second-order valence-electron chi connectivity index (χ2n) is 5.95. The molecule has 0 spiro atoms. The van der Waals surface area contributed by atoms with Gasteiger partial charge in [0.25, 0.3) is 5.91 Å². The Hall–Kier alpha value is -1.93. The van der Waals surface area contributed by atoms with E-state index in [0.717, 1.165) is 12.8 Å². The van der Waals surface area contributed by atoms with Crippen molar-refractivity contribution >= 4 is 21.9 Å². The lowest BCUT2D eigenvalue weighted by atomic mass is 10.2. The standard InChI is InChI=1S/C18H28N2O5S/c1-5-9-14(4)19-17(21)13-25-18(22)15-10-8-11-16(12-15)26(23,24)20(6-2)7-3/h8,10-12,14H,5-7,9,13H2,1-4H3,(H,19,21)/t14-/m0/s1. The van der Waals surface area contributed by atoms with Gasteiger partial charge in [0, 0.05) is 19.1 Å². The molecule has 0 unspecified atom stereocenters. The molecule has 0 saturated heterocycles. The van der Waals surface area contributed by atoms with Gasteiger partial charge >= 0.3 is 5.97 Å². The molecule has 1 aromatic carbocycles. The molecule has 0 saturated carbocycles. The molecule has 0 fully saturated rings. The number of carbonyl (C=O) groups is 2. The van der Waals surface area contributed by atoms with Gasteiger partial charge in [-0.15, -0.1) is 0 Å². The molecule has 1 rings (SSSR count). The van der Waals surface area contributed by atoms with Crippen molar-refractivity contribution in [3.8, 4) is 0 Å². The molecule has 1 N–H and O–H groups in total. The van der Waals surface area contributed by atoms with Crippen LogP contribution in [0.4, 0.5) is 0 Å². The van der Waals surface area contributed by atoms with Gasteiger partial charge in [0.1, 0.15) is 0 Å². The zero-order valence-electron chi connectivity index (χ0n) is 15.8. The fourth-order valence-electron chi connectivity index (χ4n) is 2.53. The van der Waals surface area contributed by atoms with Crippen LogP contribution in [0.3, 0.4) is 0 Å². The van der Waals surface area contributed by atoms with Gasteiger partial charge in [-0.05, 0) is 31.5 Å². The van der Waals surface area contributed by atoms with E-state index in [9.17, 15) is 18.0 Å². The van der Waals surface area contributed by atoms with Gasteiger partial charge in [0.05, 0.1) is 10.5 Å². The van der Waals surface area contributed by atoms with E-state index in [0.29, 0.717) is 13.1 Å². The fraction of sp³-hybridized carbons (Fsp3) is 0.556. The number of amides is 1. The van der Waals surface area contributed by atoms with Crippen molar-refractivity contribution in [2.24, 2.45) is 0 Å². The van der Waals surface area contributed by atoms with Crippen LogP contribution in [0.5, 0.6) is 0 Å². The number of esters is 1. The highest BCUT2D eigenvalue weighted by Crippen LogP contribution is 2.17. The maximum Gasteiger partial charge on any atom is 0.338 e. The number of benzene rings is 1. The minimum atomic E-state index is -3.66. The average Bonchev–Trinajstić information content (AvgIpc) is 2.60. The number of hydrogen-bond donors (Lipinski definition) is 1. The quantitative estimate of drug-likeness (QED) is 0.624. The smallest absolute Gasteiger partial charge is 0.338 e. The Kier molecular flexibility index (Phi) is 8.74. The molecule has 26 heavy (non-hydrogen) atoms. The summed E-state index contributed by atoms with van der Waals surface area (Å²) in [7, 11) is -3.66. The summed E-state index contributed by atoms with van der Waals surface area (Å²) >= 11 is 0. The summed E-state index contributed by atoms with van der Waals surface area (Å²) in [5.74, 6) is -1.12. The van der Waals surface area contributed by atoms with E-state index >= 15 is 0 Å². The molecular weight excluding hydrogens is 356 g/mol. The van der Waals surface area contributed by atoms with Gasteiger partial charge in [-0.3, -0.25) is 4.79 Å². The van der Waals surface area contributed by atoms with Gasteiger partial charge in [0.15, 0.2) is 6.61 Å². The first-order chi connectivity index (χ1) is 12.3. The molecular formula is C18H28N2O5S. The van der Waals surface area contributed by atoms with Gasteiger partial charge < -0.3 is 10.1 Å². The Morgan fingerprint density at radius 2 is 1.85 bits per heavy atom. The van der Waals surface area contributed by atoms with Crippen LogP contribution in [-0.4, -0.2) is 50.3 Å². The minimum Gasteiger partial charge on any atom is -0.452 e. The third kappa shape index (κ3) is 6.10. The lowest BCUT2D eigenvalue weighted by Gasteiger charge is -2.18. The van der Waals surface area contributed by atoms with E-state index in [2.05, 4.69) is 5.32 Å². The molecule has 0 aliphatic carbocycles. The van der Waals surface area contributed by atoms with Crippen molar-refractivity contribution in [3.05, 3.63) is 29.8 Å². The van der Waals surface area contributed by atoms with Crippen molar-refractivity contribution in [3.63, 3.8) is 0 Å². The average molecular weight is 384 g/mol. The van der Waals surface area contributed by atoms with E-state index in [1.165, 1.54) is 28.6 Å². The molecule has 1 aromatic rings. The number of carbonyl (C=O) groups excluding carboxylic acids is 2. The predicted molar refractivity (Wildman–Crippen MR) is 99.3 cm³/mol. The number of ether oxygens (including phenoxy) is 1. The number of sulfonamides is 1. The molecule has 0 aromatic heterocycles. The highest BCUT2D eigenvalue weighted by molar-refractivity contribution is 7.89. The van der Waals surface area contributed by atoms with Crippen molar-refractivity contribution in [1.82, 2.24) is 9.62 Å². The van der Waals surface area contributed by atoms with Crippen molar-refractivity contribution in [1.29, 1.82) is 0 Å². The molecule has 7 nitrogen and oxygen atoms in total. The Balaban J connectivity index is 2.79. The highest BCUT2D eigenvalue weighted by atomic mass is 32.2. The highest BCUT2D eigenvalue weighted by Gasteiger charge is 2.23. The van der Waals surface area contributed by atoms with E-state index in [1.54, 1.807) is 13.8 Å². The summed E-state index contributed by atoms with van der Waals surface area (Å²) in [5, 5.41) is 2.73. The number of nitrogens with zero attached hydrogens (tertiary/aromatic N) is 1. The third-order valence-corrected chi connectivity index (χ3v) is 5.92. The van der Waals surface area contributed by atoms with Crippen LogP contribution in [0, 0.1) is 0 Å². The topological polar surface area (TPSA) is 92.8 Å². The SMILES string of the molecule is CCC[C@H](C)NC(=O)COC(=O)c1cccc(S(=O)(=O)N(CC)CC)c1. The van der Waals surface area contributed by atoms with Crippen LogP contribution >= 0.6 is 0 Å². The zero-order chi connectivity index (χ0) is 19.7. The summed E-state index contributed by atoms with van der Waals surface area (Å²) < 4.78 is 31.4. The Bertz CT molecular complexity index is 714. The van der Waals surface area contributed by atoms with E-state index < -0.39 is 22.6 Å². The minimum absolute atomic E-state index is 0.00810. The van der Waals surface area contributed by atoms with Crippen molar-refractivity contribution < 1.29 is 22.7 Å².